The van der Waals surface area contributed by atoms with Crippen LogP contribution in [0.15, 0.2) is 52.0 Å². The molecule has 0 saturated heterocycles. The maximum Gasteiger partial charge on any atom is 0.271 e. The van der Waals surface area contributed by atoms with E-state index in [-0.39, 0.29) is 5.91 Å². The third-order valence-corrected chi connectivity index (χ3v) is 3.89. The van der Waals surface area contributed by atoms with Crippen molar-refractivity contribution in [1.29, 1.82) is 0 Å². The molecule has 22 heavy (non-hydrogen) atoms. The van der Waals surface area contributed by atoms with E-state index < -0.39 is 0 Å². The molecule has 0 bridgehead atoms. The van der Waals surface area contributed by atoms with Crippen LogP contribution < -0.4 is 10.2 Å². The van der Waals surface area contributed by atoms with Gasteiger partial charge in [-0.15, -0.1) is 0 Å². The lowest BCUT2D eigenvalue weighted by Crippen LogP contribution is -2.17. The van der Waals surface area contributed by atoms with Crippen LogP contribution in [0.5, 0.6) is 5.75 Å². The Morgan fingerprint density at radius 3 is 2.91 bits per heavy atom. The summed E-state index contributed by atoms with van der Waals surface area (Å²) in [5, 5.41) is 4.00. The highest BCUT2D eigenvalue weighted by atomic mass is 127. The quantitative estimate of drug-likeness (QED) is 0.402. The van der Waals surface area contributed by atoms with Crippen LogP contribution >= 0.6 is 38.5 Å². The highest BCUT2D eigenvalue weighted by Crippen LogP contribution is 2.21. The number of halogens is 2. The van der Waals surface area contributed by atoms with Crippen molar-refractivity contribution in [3.63, 3.8) is 0 Å². The molecule has 0 saturated carbocycles. The summed E-state index contributed by atoms with van der Waals surface area (Å²) in [6, 6.07) is 12.9. The average Bonchev–Trinajstić information content (AvgIpc) is 2.50. The van der Waals surface area contributed by atoms with Gasteiger partial charge in [-0.1, -0.05) is 22.0 Å². The van der Waals surface area contributed by atoms with Crippen LogP contribution in [0.3, 0.4) is 0 Å². The van der Waals surface area contributed by atoms with Crippen molar-refractivity contribution < 1.29 is 9.53 Å². The minimum atomic E-state index is -0.247. The number of carbonyl (C=O) groups excluding carboxylic acids is 1. The monoisotopic (exact) mass is 472 g/mol. The van der Waals surface area contributed by atoms with E-state index in [0.717, 1.165) is 19.4 Å². The fourth-order valence-electron chi connectivity index (χ4n) is 1.76. The van der Waals surface area contributed by atoms with E-state index in [4.69, 9.17) is 4.74 Å². The van der Waals surface area contributed by atoms with E-state index in [9.17, 15) is 4.79 Å². The van der Waals surface area contributed by atoms with Crippen molar-refractivity contribution in [1.82, 2.24) is 5.43 Å². The number of nitrogens with zero attached hydrogens (tertiary/aromatic N) is 1. The zero-order valence-corrected chi connectivity index (χ0v) is 15.6. The van der Waals surface area contributed by atoms with Crippen molar-refractivity contribution in [3.05, 3.63) is 61.6 Å². The normalized spacial score (nSPS) is 10.7. The van der Waals surface area contributed by atoms with Gasteiger partial charge in [0.1, 0.15) is 5.75 Å². The summed E-state index contributed by atoms with van der Waals surface area (Å²) in [6.07, 6.45) is 1.57. The van der Waals surface area contributed by atoms with Crippen molar-refractivity contribution in [2.75, 3.05) is 6.61 Å². The first-order valence-electron chi connectivity index (χ1n) is 6.61. The minimum absolute atomic E-state index is 0.247. The SMILES string of the molecule is CCOc1ccc(Br)cc1C=NNC(=O)c1cccc(I)c1. The molecule has 0 fully saturated rings. The maximum atomic E-state index is 12.0. The van der Waals surface area contributed by atoms with Gasteiger partial charge in [0.15, 0.2) is 0 Å². The molecule has 0 aliphatic carbocycles. The van der Waals surface area contributed by atoms with Crippen molar-refractivity contribution in [2.45, 2.75) is 6.92 Å². The largest absolute Gasteiger partial charge is 0.493 e. The molecule has 1 amide bonds. The number of hydrogen-bond acceptors (Lipinski definition) is 3. The standard InChI is InChI=1S/C16H14BrIN2O2/c1-2-22-15-7-6-13(17)8-12(15)10-19-20-16(21)11-4-3-5-14(18)9-11/h3-10H,2H2,1H3,(H,20,21). The number of carbonyl (C=O) groups is 1. The van der Waals surface area contributed by atoms with Gasteiger partial charge in [0, 0.05) is 19.2 Å². The number of rotatable bonds is 5. The van der Waals surface area contributed by atoms with Crippen LogP contribution in [0.25, 0.3) is 0 Å². The van der Waals surface area contributed by atoms with Gasteiger partial charge in [-0.2, -0.15) is 5.10 Å². The molecule has 0 aliphatic rings. The third kappa shape index (κ3) is 4.81. The van der Waals surface area contributed by atoms with Gasteiger partial charge in [-0.25, -0.2) is 5.43 Å². The average molecular weight is 473 g/mol. The summed E-state index contributed by atoms with van der Waals surface area (Å²) in [7, 11) is 0. The molecule has 0 atom stereocenters. The number of hydrogen-bond donors (Lipinski definition) is 1. The van der Waals surface area contributed by atoms with Crippen molar-refractivity contribution >= 4 is 50.6 Å². The predicted molar refractivity (Wildman–Crippen MR) is 99.5 cm³/mol. The predicted octanol–water partition coefficient (Wildman–Crippen LogP) is 4.22. The van der Waals surface area contributed by atoms with E-state index in [0.29, 0.717) is 12.2 Å². The molecule has 114 valence electrons. The second-order valence-corrected chi connectivity index (χ2v) is 6.49. The molecule has 2 rings (SSSR count). The second kappa shape index (κ2) is 8.28. The van der Waals surface area contributed by atoms with E-state index >= 15 is 0 Å². The van der Waals surface area contributed by atoms with Crippen LogP contribution in [0.2, 0.25) is 0 Å². The number of ether oxygens (including phenoxy) is 1. The maximum absolute atomic E-state index is 12.0. The van der Waals surface area contributed by atoms with Crippen LogP contribution in [-0.4, -0.2) is 18.7 Å². The van der Waals surface area contributed by atoms with Gasteiger partial charge in [-0.3, -0.25) is 4.79 Å². The summed E-state index contributed by atoms with van der Waals surface area (Å²) in [5.41, 5.74) is 3.88. The summed E-state index contributed by atoms with van der Waals surface area (Å²) in [5.74, 6) is 0.473. The fraction of sp³-hybridized carbons (Fsp3) is 0.125. The Morgan fingerprint density at radius 2 is 2.18 bits per heavy atom. The van der Waals surface area contributed by atoms with Crippen LogP contribution in [-0.2, 0) is 0 Å². The van der Waals surface area contributed by atoms with Gasteiger partial charge in [0.05, 0.1) is 12.8 Å². The van der Waals surface area contributed by atoms with Crippen molar-refractivity contribution in [2.24, 2.45) is 5.10 Å². The van der Waals surface area contributed by atoms with Gasteiger partial charge < -0.3 is 4.74 Å². The first kappa shape index (κ1) is 17.0. The molecule has 2 aromatic carbocycles. The van der Waals surface area contributed by atoms with E-state index in [1.807, 2.05) is 37.3 Å². The molecular formula is C16H14BrIN2O2. The third-order valence-electron chi connectivity index (χ3n) is 2.73. The first-order valence-corrected chi connectivity index (χ1v) is 8.48. The van der Waals surface area contributed by atoms with Gasteiger partial charge >= 0.3 is 0 Å². The molecule has 0 unspecified atom stereocenters. The highest BCUT2D eigenvalue weighted by molar-refractivity contribution is 14.1. The van der Waals surface area contributed by atoms with Gasteiger partial charge in [0.25, 0.3) is 5.91 Å². The highest BCUT2D eigenvalue weighted by Gasteiger charge is 2.05. The summed E-state index contributed by atoms with van der Waals surface area (Å²) >= 11 is 5.57. The molecule has 4 nitrogen and oxygen atoms in total. The smallest absolute Gasteiger partial charge is 0.271 e. The van der Waals surface area contributed by atoms with Crippen LogP contribution in [0, 0.1) is 3.57 Å². The van der Waals surface area contributed by atoms with Crippen LogP contribution in [0.4, 0.5) is 0 Å². The Balaban J connectivity index is 2.09. The molecule has 0 radical (unpaired) electrons. The Morgan fingerprint density at radius 1 is 1.36 bits per heavy atom. The zero-order chi connectivity index (χ0) is 15.9. The number of benzene rings is 2. The summed E-state index contributed by atoms with van der Waals surface area (Å²) in [4.78, 5) is 12.0. The lowest BCUT2D eigenvalue weighted by Gasteiger charge is -2.07. The molecule has 1 N–H and O–H groups in total. The van der Waals surface area contributed by atoms with E-state index in [1.165, 1.54) is 0 Å². The molecule has 0 aliphatic heterocycles. The van der Waals surface area contributed by atoms with E-state index in [1.54, 1.807) is 18.3 Å². The topological polar surface area (TPSA) is 50.7 Å². The Bertz CT molecular complexity index is 704. The fourth-order valence-corrected chi connectivity index (χ4v) is 2.68. The Kier molecular flexibility index (Phi) is 6.38. The first-order chi connectivity index (χ1) is 10.6. The molecule has 0 spiro atoms. The zero-order valence-electron chi connectivity index (χ0n) is 11.8. The Hall–Kier alpha value is -1.41. The molecule has 0 heterocycles. The lowest BCUT2D eigenvalue weighted by atomic mass is 10.2. The van der Waals surface area contributed by atoms with Gasteiger partial charge in [0.2, 0.25) is 0 Å². The van der Waals surface area contributed by atoms with Crippen molar-refractivity contribution in [3.8, 4) is 5.75 Å². The molecule has 6 heteroatoms. The summed E-state index contributed by atoms with van der Waals surface area (Å²) < 4.78 is 7.44. The van der Waals surface area contributed by atoms with Gasteiger partial charge in [-0.05, 0) is 65.9 Å². The molecule has 2 aromatic rings. The molecule has 0 aromatic heterocycles. The number of amides is 1. The number of nitrogens with one attached hydrogen (secondary N) is 1. The minimum Gasteiger partial charge on any atom is -0.493 e. The number of hydrazone groups is 1. The lowest BCUT2D eigenvalue weighted by molar-refractivity contribution is 0.0955. The molecular weight excluding hydrogens is 459 g/mol. The van der Waals surface area contributed by atoms with E-state index in [2.05, 4.69) is 49.0 Å². The Labute approximate surface area is 151 Å². The summed E-state index contributed by atoms with van der Waals surface area (Å²) in [6.45, 7) is 2.49. The van der Waals surface area contributed by atoms with Crippen LogP contribution in [0.1, 0.15) is 22.8 Å². The second-order valence-electron chi connectivity index (χ2n) is 4.32.